The topological polar surface area (TPSA) is 78.9 Å². The highest BCUT2D eigenvalue weighted by molar-refractivity contribution is 5.71. The SMILES string of the molecule is CCCCCCCCCCCCCCCCCCCCCC(=O)OCC(COC(=O)CCCCCCCCCCCCCCC)OC(=O)CCCCCCCCCCCCCCCCCC. The van der Waals surface area contributed by atoms with Crippen molar-refractivity contribution in [3.05, 3.63) is 0 Å². The summed E-state index contributed by atoms with van der Waals surface area (Å²) < 4.78 is 16.9. The quantitative estimate of drug-likeness (QED) is 0.0343. The number of ether oxygens (including phenoxy) is 3. The number of esters is 3. The van der Waals surface area contributed by atoms with Crippen molar-refractivity contribution in [2.45, 2.75) is 354 Å². The second kappa shape index (κ2) is 56.0. The zero-order valence-electron chi connectivity index (χ0n) is 45.0. The van der Waals surface area contributed by atoms with Crippen LogP contribution in [-0.4, -0.2) is 37.2 Å². The summed E-state index contributed by atoms with van der Waals surface area (Å²) in [7, 11) is 0. The van der Waals surface area contributed by atoms with Gasteiger partial charge in [0.15, 0.2) is 6.10 Å². The summed E-state index contributed by atoms with van der Waals surface area (Å²) in [6.07, 6.45) is 62.4. The molecule has 0 aromatic heterocycles. The van der Waals surface area contributed by atoms with E-state index in [2.05, 4.69) is 20.8 Å². The molecule has 0 saturated carbocycles. The van der Waals surface area contributed by atoms with E-state index in [4.69, 9.17) is 14.2 Å². The van der Waals surface area contributed by atoms with Crippen molar-refractivity contribution in [3.63, 3.8) is 0 Å². The van der Waals surface area contributed by atoms with Gasteiger partial charge in [0.25, 0.3) is 0 Å². The van der Waals surface area contributed by atoms with Gasteiger partial charge in [-0.2, -0.15) is 0 Å². The van der Waals surface area contributed by atoms with E-state index >= 15 is 0 Å². The first-order valence-corrected chi connectivity index (χ1v) is 30.0. The van der Waals surface area contributed by atoms with Gasteiger partial charge in [0, 0.05) is 19.3 Å². The van der Waals surface area contributed by atoms with Crippen LogP contribution in [0.4, 0.5) is 0 Å². The first kappa shape index (κ1) is 64.4. The normalized spacial score (nSPS) is 11.9. The van der Waals surface area contributed by atoms with Gasteiger partial charge in [-0.15, -0.1) is 0 Å². The number of carbonyl (C=O) groups is 3. The fraction of sp³-hybridized carbons (Fsp3) is 0.950. The molecular weight excluding hydrogens is 817 g/mol. The summed E-state index contributed by atoms with van der Waals surface area (Å²) >= 11 is 0. The molecule has 66 heavy (non-hydrogen) atoms. The fourth-order valence-corrected chi connectivity index (χ4v) is 9.33. The lowest BCUT2D eigenvalue weighted by Crippen LogP contribution is -2.30. The van der Waals surface area contributed by atoms with Gasteiger partial charge in [0.1, 0.15) is 13.2 Å². The second-order valence-electron chi connectivity index (χ2n) is 20.6. The van der Waals surface area contributed by atoms with Gasteiger partial charge in [-0.3, -0.25) is 14.4 Å². The lowest BCUT2D eigenvalue weighted by Gasteiger charge is -2.18. The van der Waals surface area contributed by atoms with Crippen molar-refractivity contribution in [3.8, 4) is 0 Å². The molecule has 0 N–H and O–H groups in total. The maximum absolute atomic E-state index is 12.9. The number of hydrogen-bond donors (Lipinski definition) is 0. The molecule has 0 aliphatic rings. The molecule has 0 amide bonds. The average Bonchev–Trinajstić information content (AvgIpc) is 3.31. The summed E-state index contributed by atoms with van der Waals surface area (Å²) in [4.78, 5) is 38.2. The number of unbranched alkanes of at least 4 members (excludes halogenated alkanes) is 45. The van der Waals surface area contributed by atoms with E-state index in [-0.39, 0.29) is 31.1 Å². The number of hydrogen-bond acceptors (Lipinski definition) is 6. The molecule has 0 heterocycles. The zero-order chi connectivity index (χ0) is 47.9. The van der Waals surface area contributed by atoms with E-state index in [1.807, 2.05) is 0 Å². The van der Waals surface area contributed by atoms with Crippen molar-refractivity contribution in [2.24, 2.45) is 0 Å². The third-order valence-electron chi connectivity index (χ3n) is 13.9. The lowest BCUT2D eigenvalue weighted by atomic mass is 10.0. The van der Waals surface area contributed by atoms with Crippen LogP contribution in [0, 0.1) is 0 Å². The van der Waals surface area contributed by atoms with Gasteiger partial charge >= 0.3 is 17.9 Å². The highest BCUT2D eigenvalue weighted by atomic mass is 16.6. The minimum Gasteiger partial charge on any atom is -0.462 e. The van der Waals surface area contributed by atoms with Gasteiger partial charge in [-0.05, 0) is 19.3 Å². The first-order valence-electron chi connectivity index (χ1n) is 30.0. The van der Waals surface area contributed by atoms with E-state index in [1.54, 1.807) is 0 Å². The Morgan fingerprint density at radius 2 is 0.409 bits per heavy atom. The van der Waals surface area contributed by atoms with Crippen LogP contribution >= 0.6 is 0 Å². The molecule has 0 fully saturated rings. The Balaban J connectivity index is 4.26. The van der Waals surface area contributed by atoms with E-state index in [0.29, 0.717) is 19.3 Å². The summed E-state index contributed by atoms with van der Waals surface area (Å²) in [5.74, 6) is -0.829. The largest absolute Gasteiger partial charge is 0.462 e. The van der Waals surface area contributed by atoms with Crippen LogP contribution < -0.4 is 0 Å². The smallest absolute Gasteiger partial charge is 0.306 e. The molecule has 0 aliphatic carbocycles. The molecule has 6 heteroatoms. The molecule has 0 aliphatic heterocycles. The van der Waals surface area contributed by atoms with Crippen LogP contribution in [-0.2, 0) is 28.6 Å². The van der Waals surface area contributed by atoms with Gasteiger partial charge in [-0.1, -0.05) is 310 Å². The average molecular weight is 934 g/mol. The van der Waals surface area contributed by atoms with Crippen molar-refractivity contribution in [1.82, 2.24) is 0 Å². The van der Waals surface area contributed by atoms with Gasteiger partial charge in [-0.25, -0.2) is 0 Å². The Labute approximate surface area is 412 Å². The summed E-state index contributed by atoms with van der Waals surface area (Å²) in [6, 6.07) is 0. The van der Waals surface area contributed by atoms with E-state index in [1.165, 1.54) is 250 Å². The molecule has 1 unspecified atom stereocenters. The van der Waals surface area contributed by atoms with Crippen LogP contribution in [0.3, 0.4) is 0 Å². The molecule has 0 rings (SSSR count). The van der Waals surface area contributed by atoms with Crippen molar-refractivity contribution in [1.29, 1.82) is 0 Å². The molecule has 0 bridgehead atoms. The standard InChI is InChI=1S/C60H116O6/c1-4-7-10-13-16-19-22-25-27-29-30-31-33-35-38-41-44-47-50-53-59(62)65-56-57(55-64-58(61)52-49-46-43-40-37-34-24-21-18-15-12-9-6-3)66-60(63)54-51-48-45-42-39-36-32-28-26-23-20-17-14-11-8-5-2/h57H,4-56H2,1-3H3. The predicted molar refractivity (Wildman–Crippen MR) is 284 cm³/mol. The third-order valence-corrected chi connectivity index (χ3v) is 13.9. The molecule has 0 radical (unpaired) electrons. The first-order chi connectivity index (χ1) is 32.5. The molecular formula is C60H116O6. The van der Waals surface area contributed by atoms with E-state index in [9.17, 15) is 14.4 Å². The van der Waals surface area contributed by atoms with Gasteiger partial charge < -0.3 is 14.2 Å². The Morgan fingerprint density at radius 3 is 0.606 bits per heavy atom. The summed E-state index contributed by atoms with van der Waals surface area (Å²) in [6.45, 7) is 6.71. The highest BCUT2D eigenvalue weighted by Gasteiger charge is 2.19. The minimum absolute atomic E-state index is 0.0608. The number of rotatable bonds is 56. The minimum atomic E-state index is -0.761. The molecule has 0 aromatic carbocycles. The number of carbonyl (C=O) groups excluding carboxylic acids is 3. The molecule has 6 nitrogen and oxygen atoms in total. The van der Waals surface area contributed by atoms with Crippen molar-refractivity contribution >= 4 is 17.9 Å². The molecule has 0 spiro atoms. The second-order valence-corrected chi connectivity index (χ2v) is 20.6. The highest BCUT2D eigenvalue weighted by Crippen LogP contribution is 2.18. The summed E-state index contributed by atoms with van der Waals surface area (Å²) in [5.41, 5.74) is 0. The Kier molecular flexibility index (Phi) is 54.7. The van der Waals surface area contributed by atoms with E-state index < -0.39 is 6.10 Å². The summed E-state index contributed by atoms with van der Waals surface area (Å²) in [5, 5.41) is 0. The van der Waals surface area contributed by atoms with Crippen molar-refractivity contribution in [2.75, 3.05) is 13.2 Å². The molecule has 0 aromatic rings. The van der Waals surface area contributed by atoms with Gasteiger partial charge in [0.05, 0.1) is 0 Å². The van der Waals surface area contributed by atoms with Crippen LogP contribution in [0.15, 0.2) is 0 Å². The Hall–Kier alpha value is -1.59. The monoisotopic (exact) mass is 933 g/mol. The van der Waals surface area contributed by atoms with Crippen LogP contribution in [0.1, 0.15) is 348 Å². The molecule has 0 saturated heterocycles. The Bertz CT molecular complexity index is 982. The fourth-order valence-electron chi connectivity index (χ4n) is 9.33. The molecule has 1 atom stereocenters. The van der Waals surface area contributed by atoms with E-state index in [0.717, 1.165) is 57.8 Å². The Morgan fingerprint density at radius 1 is 0.242 bits per heavy atom. The maximum Gasteiger partial charge on any atom is 0.306 e. The maximum atomic E-state index is 12.9. The zero-order valence-corrected chi connectivity index (χ0v) is 45.0. The van der Waals surface area contributed by atoms with Crippen molar-refractivity contribution < 1.29 is 28.6 Å². The molecule has 392 valence electrons. The third kappa shape index (κ3) is 53.4. The van der Waals surface area contributed by atoms with Crippen LogP contribution in [0.5, 0.6) is 0 Å². The van der Waals surface area contributed by atoms with Crippen LogP contribution in [0.25, 0.3) is 0 Å². The van der Waals surface area contributed by atoms with Crippen LogP contribution in [0.2, 0.25) is 0 Å². The van der Waals surface area contributed by atoms with Gasteiger partial charge in [0.2, 0.25) is 0 Å². The predicted octanol–water partition coefficient (Wildman–Crippen LogP) is 19.9. The lowest BCUT2D eigenvalue weighted by molar-refractivity contribution is -0.167.